The lowest BCUT2D eigenvalue weighted by molar-refractivity contribution is 0.0696. The van der Waals surface area contributed by atoms with E-state index in [0.29, 0.717) is 13.1 Å². The van der Waals surface area contributed by atoms with Crippen molar-refractivity contribution in [1.29, 1.82) is 0 Å². The maximum absolute atomic E-state index is 11.6. The molecule has 5 nitrogen and oxygen atoms in total. The topological polar surface area (TPSA) is 74.7 Å². The van der Waals surface area contributed by atoms with Crippen LogP contribution in [0.15, 0.2) is 24.3 Å². The van der Waals surface area contributed by atoms with Crippen molar-refractivity contribution in [3.8, 4) is 0 Å². The van der Waals surface area contributed by atoms with Crippen LogP contribution in [0, 0.1) is 0 Å². The van der Waals surface area contributed by atoms with Gasteiger partial charge in [-0.15, -0.1) is 0 Å². The number of nitrogens with zero attached hydrogens (tertiary/aromatic N) is 1. The maximum Gasteiger partial charge on any atom is 0.335 e. The summed E-state index contributed by atoms with van der Waals surface area (Å²) in [5.74, 6) is -0.889. The quantitative estimate of drug-likeness (QED) is 0.912. The molecule has 1 N–H and O–H groups in total. The molecule has 1 atom stereocenters. The molecule has 0 amide bonds. The SMILES string of the molecule is CS(=O)(=O)N1CCC[C@H](c2cccc(C(=O)O)c2)C1. The van der Waals surface area contributed by atoms with E-state index in [1.807, 2.05) is 6.07 Å². The number of hydrogen-bond donors (Lipinski definition) is 1. The van der Waals surface area contributed by atoms with Crippen LogP contribution in [0.2, 0.25) is 0 Å². The molecule has 0 aromatic heterocycles. The molecule has 104 valence electrons. The molecule has 1 saturated heterocycles. The van der Waals surface area contributed by atoms with Crippen LogP contribution in [-0.2, 0) is 10.0 Å². The van der Waals surface area contributed by atoms with Crippen molar-refractivity contribution >= 4 is 16.0 Å². The Balaban J connectivity index is 2.22. The van der Waals surface area contributed by atoms with Crippen LogP contribution in [0.4, 0.5) is 0 Å². The molecular weight excluding hydrogens is 266 g/mol. The number of carbonyl (C=O) groups is 1. The van der Waals surface area contributed by atoms with Crippen molar-refractivity contribution in [2.24, 2.45) is 0 Å². The first-order valence-corrected chi connectivity index (χ1v) is 8.01. The Hall–Kier alpha value is -1.40. The highest BCUT2D eigenvalue weighted by Crippen LogP contribution is 2.28. The van der Waals surface area contributed by atoms with Gasteiger partial charge in [0.15, 0.2) is 0 Å². The number of piperidine rings is 1. The average molecular weight is 283 g/mol. The molecular formula is C13H17NO4S. The zero-order valence-electron chi connectivity index (χ0n) is 10.7. The lowest BCUT2D eigenvalue weighted by Crippen LogP contribution is -2.38. The van der Waals surface area contributed by atoms with Gasteiger partial charge in [-0.3, -0.25) is 0 Å². The second kappa shape index (κ2) is 5.30. The van der Waals surface area contributed by atoms with Gasteiger partial charge in [-0.2, -0.15) is 0 Å². The molecule has 0 bridgehead atoms. The van der Waals surface area contributed by atoms with Crippen molar-refractivity contribution in [3.05, 3.63) is 35.4 Å². The van der Waals surface area contributed by atoms with E-state index < -0.39 is 16.0 Å². The smallest absolute Gasteiger partial charge is 0.335 e. The molecule has 1 aliphatic heterocycles. The van der Waals surface area contributed by atoms with Gasteiger partial charge >= 0.3 is 5.97 Å². The second-order valence-electron chi connectivity index (χ2n) is 4.89. The van der Waals surface area contributed by atoms with Gasteiger partial charge in [0, 0.05) is 13.1 Å². The van der Waals surface area contributed by atoms with Crippen molar-refractivity contribution in [2.45, 2.75) is 18.8 Å². The molecule has 1 aromatic carbocycles. The van der Waals surface area contributed by atoms with E-state index >= 15 is 0 Å². The van der Waals surface area contributed by atoms with E-state index in [1.54, 1.807) is 18.2 Å². The van der Waals surface area contributed by atoms with Crippen LogP contribution in [0.25, 0.3) is 0 Å². The molecule has 1 heterocycles. The maximum atomic E-state index is 11.6. The lowest BCUT2D eigenvalue weighted by atomic mass is 9.91. The number of benzene rings is 1. The van der Waals surface area contributed by atoms with Gasteiger partial charge in [-0.1, -0.05) is 12.1 Å². The zero-order valence-corrected chi connectivity index (χ0v) is 11.6. The molecule has 0 unspecified atom stereocenters. The van der Waals surface area contributed by atoms with E-state index in [0.717, 1.165) is 18.4 Å². The molecule has 1 aromatic rings. The zero-order chi connectivity index (χ0) is 14.0. The monoisotopic (exact) mass is 283 g/mol. The van der Waals surface area contributed by atoms with Crippen molar-refractivity contribution in [3.63, 3.8) is 0 Å². The second-order valence-corrected chi connectivity index (χ2v) is 6.87. The highest BCUT2D eigenvalue weighted by atomic mass is 32.2. The Morgan fingerprint density at radius 3 is 2.79 bits per heavy atom. The molecule has 0 radical (unpaired) electrons. The summed E-state index contributed by atoms with van der Waals surface area (Å²) in [7, 11) is -3.18. The minimum atomic E-state index is -3.18. The molecule has 0 saturated carbocycles. The van der Waals surface area contributed by atoms with E-state index in [1.165, 1.54) is 10.6 Å². The van der Waals surface area contributed by atoms with E-state index in [-0.39, 0.29) is 11.5 Å². The third kappa shape index (κ3) is 3.33. The fourth-order valence-electron chi connectivity index (χ4n) is 2.44. The van der Waals surface area contributed by atoms with Gasteiger partial charge in [0.05, 0.1) is 11.8 Å². The van der Waals surface area contributed by atoms with Crippen molar-refractivity contribution in [1.82, 2.24) is 4.31 Å². The minimum Gasteiger partial charge on any atom is -0.478 e. The first kappa shape index (κ1) is 14.0. The Morgan fingerprint density at radius 2 is 2.16 bits per heavy atom. The summed E-state index contributed by atoms with van der Waals surface area (Å²) in [5.41, 5.74) is 1.14. The van der Waals surface area contributed by atoms with Crippen LogP contribution in [0.5, 0.6) is 0 Å². The summed E-state index contributed by atoms with van der Waals surface area (Å²) in [6, 6.07) is 6.75. The minimum absolute atomic E-state index is 0.0720. The van der Waals surface area contributed by atoms with E-state index in [9.17, 15) is 13.2 Å². The molecule has 2 rings (SSSR count). The van der Waals surface area contributed by atoms with Crippen LogP contribution in [-0.4, -0.2) is 43.1 Å². The van der Waals surface area contributed by atoms with Crippen LogP contribution in [0.3, 0.4) is 0 Å². The fourth-order valence-corrected chi connectivity index (χ4v) is 3.35. The number of carboxylic acids is 1. The third-order valence-corrected chi connectivity index (χ3v) is 4.73. The molecule has 0 spiro atoms. The average Bonchev–Trinajstić information content (AvgIpc) is 2.38. The Bertz CT molecular complexity index is 582. The predicted molar refractivity (Wildman–Crippen MR) is 71.8 cm³/mol. The summed E-state index contributed by atoms with van der Waals surface area (Å²) in [6.45, 7) is 0.982. The normalized spacial score (nSPS) is 21.2. The van der Waals surface area contributed by atoms with Gasteiger partial charge in [-0.05, 0) is 36.5 Å². The van der Waals surface area contributed by atoms with Gasteiger partial charge in [0.1, 0.15) is 0 Å². The lowest BCUT2D eigenvalue weighted by Gasteiger charge is -2.31. The summed E-state index contributed by atoms with van der Waals surface area (Å²) < 4.78 is 24.6. The number of hydrogen-bond acceptors (Lipinski definition) is 3. The highest BCUT2D eigenvalue weighted by molar-refractivity contribution is 7.88. The number of aromatic carboxylic acids is 1. The van der Waals surface area contributed by atoms with Crippen molar-refractivity contribution in [2.75, 3.05) is 19.3 Å². The van der Waals surface area contributed by atoms with E-state index in [2.05, 4.69) is 0 Å². The Kier molecular flexibility index (Phi) is 3.91. The van der Waals surface area contributed by atoms with Crippen LogP contribution in [0.1, 0.15) is 34.7 Å². The molecule has 6 heteroatoms. The van der Waals surface area contributed by atoms with E-state index in [4.69, 9.17) is 5.11 Å². The fraction of sp³-hybridized carbons (Fsp3) is 0.462. The first-order valence-electron chi connectivity index (χ1n) is 6.16. The van der Waals surface area contributed by atoms with Crippen LogP contribution >= 0.6 is 0 Å². The largest absolute Gasteiger partial charge is 0.478 e. The summed E-state index contributed by atoms with van der Waals surface area (Å²) in [5, 5.41) is 8.98. The van der Waals surface area contributed by atoms with Gasteiger partial charge in [-0.25, -0.2) is 17.5 Å². The predicted octanol–water partition coefficient (Wildman–Crippen LogP) is 1.52. The molecule has 19 heavy (non-hydrogen) atoms. The highest BCUT2D eigenvalue weighted by Gasteiger charge is 2.27. The first-order chi connectivity index (χ1) is 8.88. The standard InChI is InChI=1S/C13H17NO4S/c1-19(17,18)14-7-3-6-12(9-14)10-4-2-5-11(8-10)13(15)16/h2,4-5,8,12H,3,6-7,9H2,1H3,(H,15,16)/t12-/m0/s1. The number of rotatable bonds is 3. The summed E-state index contributed by atoms with van der Waals surface area (Å²) >= 11 is 0. The van der Waals surface area contributed by atoms with Gasteiger partial charge in [0.25, 0.3) is 0 Å². The van der Waals surface area contributed by atoms with Crippen LogP contribution < -0.4 is 0 Å². The molecule has 1 fully saturated rings. The van der Waals surface area contributed by atoms with Crippen molar-refractivity contribution < 1.29 is 18.3 Å². The molecule has 1 aliphatic rings. The Labute approximate surface area is 112 Å². The Morgan fingerprint density at radius 1 is 1.42 bits per heavy atom. The summed E-state index contributed by atoms with van der Waals surface area (Å²) in [4.78, 5) is 11.0. The summed E-state index contributed by atoms with van der Waals surface area (Å²) in [6.07, 6.45) is 2.90. The third-order valence-electron chi connectivity index (χ3n) is 3.46. The van der Waals surface area contributed by atoms with Gasteiger partial charge < -0.3 is 5.11 Å². The number of carboxylic acid groups (broad SMARTS) is 1. The molecule has 0 aliphatic carbocycles. The number of sulfonamides is 1. The van der Waals surface area contributed by atoms with Gasteiger partial charge in [0.2, 0.25) is 10.0 Å².